The van der Waals surface area contributed by atoms with Gasteiger partial charge in [-0.25, -0.2) is 13.4 Å². The van der Waals surface area contributed by atoms with Crippen LogP contribution in [0.5, 0.6) is 5.75 Å². The molecule has 0 bridgehead atoms. The zero-order valence-corrected chi connectivity index (χ0v) is 18.8. The number of hydrogen-bond donors (Lipinski definition) is 1. The van der Waals surface area contributed by atoms with E-state index in [9.17, 15) is 8.42 Å². The number of rotatable bonds is 12. The van der Waals surface area contributed by atoms with Crippen molar-refractivity contribution in [3.63, 3.8) is 0 Å². The molecule has 1 aromatic heterocycles. The smallest absolute Gasteiger partial charge is 0.223 e. The summed E-state index contributed by atoms with van der Waals surface area (Å²) in [5.41, 5.74) is 1.08. The van der Waals surface area contributed by atoms with Gasteiger partial charge < -0.3 is 10.1 Å². The summed E-state index contributed by atoms with van der Waals surface area (Å²) in [5, 5.41) is 3.70. The van der Waals surface area contributed by atoms with Gasteiger partial charge in [-0.3, -0.25) is 0 Å². The molecule has 2 rings (SSSR count). The number of hydrogen-bond acceptors (Lipinski definition) is 5. The molecule has 0 spiro atoms. The molecule has 1 unspecified atom stereocenters. The highest BCUT2D eigenvalue weighted by atomic mass is 32.2. The summed E-state index contributed by atoms with van der Waals surface area (Å²) in [6, 6.07) is 10.5. The molecule has 0 amide bonds. The molecule has 160 valence electrons. The zero-order chi connectivity index (χ0) is 21.3. The molecule has 29 heavy (non-hydrogen) atoms. The van der Waals surface area contributed by atoms with E-state index in [1.165, 1.54) is 0 Å². The maximum atomic E-state index is 12.8. The first-order valence-corrected chi connectivity index (χ1v) is 12.0. The highest BCUT2D eigenvalue weighted by Gasteiger charge is 2.19. The third-order valence-electron chi connectivity index (χ3n) is 5.52. The quantitative estimate of drug-likeness (QED) is 0.543. The lowest BCUT2D eigenvalue weighted by atomic mass is 9.94. The lowest BCUT2D eigenvalue weighted by molar-refractivity contribution is 0.410. The fourth-order valence-electron chi connectivity index (χ4n) is 3.42. The van der Waals surface area contributed by atoms with Crippen LogP contribution in [0.2, 0.25) is 0 Å². The third kappa shape index (κ3) is 6.54. The summed E-state index contributed by atoms with van der Waals surface area (Å²) in [6.45, 7) is 7.65. The molecule has 0 aliphatic rings. The number of benzene rings is 1. The van der Waals surface area contributed by atoms with Gasteiger partial charge in [-0.1, -0.05) is 33.3 Å². The first-order valence-electron chi connectivity index (χ1n) is 10.5. The molecule has 1 heterocycles. The fourth-order valence-corrected chi connectivity index (χ4v) is 4.59. The predicted molar refractivity (Wildman–Crippen MR) is 117 cm³/mol. The molecule has 5 nitrogen and oxygen atoms in total. The Hall–Kier alpha value is -1.92. The van der Waals surface area contributed by atoms with E-state index >= 15 is 0 Å². The largest absolute Gasteiger partial charge is 0.497 e. The zero-order valence-electron chi connectivity index (χ0n) is 18.0. The van der Waals surface area contributed by atoms with E-state index < -0.39 is 9.84 Å². The molecule has 0 aliphatic carbocycles. The van der Waals surface area contributed by atoms with Gasteiger partial charge in [0.15, 0.2) is 5.03 Å². The van der Waals surface area contributed by atoms with Gasteiger partial charge in [-0.05, 0) is 74.0 Å². The molecule has 0 radical (unpaired) electrons. The molecule has 0 saturated heterocycles. The molecule has 2 aromatic rings. The summed E-state index contributed by atoms with van der Waals surface area (Å²) < 4.78 is 30.6. The number of aromatic nitrogens is 1. The van der Waals surface area contributed by atoms with Gasteiger partial charge in [0, 0.05) is 12.2 Å². The lowest BCUT2D eigenvalue weighted by Crippen LogP contribution is -2.29. The van der Waals surface area contributed by atoms with Crippen molar-refractivity contribution >= 4 is 9.84 Å². The van der Waals surface area contributed by atoms with Crippen LogP contribution in [0.4, 0.5) is 0 Å². The summed E-state index contributed by atoms with van der Waals surface area (Å²) in [5.74, 6) is 1.18. The van der Waals surface area contributed by atoms with Crippen molar-refractivity contribution in [2.75, 3.05) is 13.7 Å². The second-order valence-electron chi connectivity index (χ2n) is 7.42. The van der Waals surface area contributed by atoms with E-state index in [1.807, 2.05) is 6.07 Å². The van der Waals surface area contributed by atoms with Gasteiger partial charge in [0.05, 0.1) is 12.0 Å². The minimum absolute atomic E-state index is 0.0786. The Kier molecular flexibility index (Phi) is 9.11. The van der Waals surface area contributed by atoms with Gasteiger partial charge in [0.25, 0.3) is 0 Å². The molecule has 0 aliphatic heterocycles. The van der Waals surface area contributed by atoms with E-state index in [0.29, 0.717) is 17.7 Å². The topological polar surface area (TPSA) is 68.3 Å². The number of ether oxygens (including phenoxy) is 1. The van der Waals surface area contributed by atoms with Gasteiger partial charge in [0.1, 0.15) is 5.75 Å². The van der Waals surface area contributed by atoms with Crippen molar-refractivity contribution < 1.29 is 13.2 Å². The van der Waals surface area contributed by atoms with Crippen LogP contribution in [0.25, 0.3) is 0 Å². The number of methoxy groups -OCH3 is 1. The average molecular weight is 419 g/mol. The lowest BCUT2D eigenvalue weighted by Gasteiger charge is -2.19. The number of sulfone groups is 1. The Morgan fingerprint density at radius 2 is 1.69 bits per heavy atom. The summed E-state index contributed by atoms with van der Waals surface area (Å²) >= 11 is 0. The molecule has 1 N–H and O–H groups in total. The van der Waals surface area contributed by atoms with Crippen molar-refractivity contribution in [1.29, 1.82) is 0 Å². The Balaban J connectivity index is 2.00. The van der Waals surface area contributed by atoms with Crippen LogP contribution in [-0.2, 0) is 16.3 Å². The fraction of sp³-hybridized carbons (Fsp3) is 0.522. The third-order valence-corrected chi connectivity index (χ3v) is 7.20. The van der Waals surface area contributed by atoms with E-state index in [-0.39, 0.29) is 9.92 Å². The first kappa shape index (κ1) is 23.4. The van der Waals surface area contributed by atoms with Gasteiger partial charge in [-0.2, -0.15) is 0 Å². The number of pyridine rings is 1. The first-order chi connectivity index (χ1) is 13.9. The predicted octanol–water partition coefficient (Wildman–Crippen LogP) is 4.66. The van der Waals surface area contributed by atoms with Crippen molar-refractivity contribution in [3.8, 4) is 5.75 Å². The molecular weight excluding hydrogens is 384 g/mol. The van der Waals surface area contributed by atoms with Crippen LogP contribution in [-0.4, -0.2) is 33.1 Å². The number of nitrogens with zero attached hydrogens (tertiary/aromatic N) is 1. The number of nitrogens with one attached hydrogen (secondary N) is 1. The van der Waals surface area contributed by atoms with Crippen molar-refractivity contribution in [3.05, 3.63) is 48.2 Å². The van der Waals surface area contributed by atoms with Crippen molar-refractivity contribution in [1.82, 2.24) is 10.3 Å². The van der Waals surface area contributed by atoms with Crippen LogP contribution in [0.15, 0.2) is 52.5 Å². The van der Waals surface area contributed by atoms with Gasteiger partial charge in [-0.15, -0.1) is 0 Å². The highest BCUT2D eigenvalue weighted by Crippen LogP contribution is 2.23. The van der Waals surface area contributed by atoms with Gasteiger partial charge >= 0.3 is 0 Å². The van der Waals surface area contributed by atoms with Crippen molar-refractivity contribution in [2.24, 2.45) is 5.92 Å². The standard InChI is InChI=1S/C23H34N2O3S/c1-5-18(14-15-24-20(6-2)7-3)16-19-8-13-23(25-17-19)29(26,27)22-11-9-21(28-4)10-12-22/h8-13,17-18,20,24H,5-7,14-16H2,1-4H3. The Labute approximate surface area is 175 Å². The SMILES string of the molecule is CCC(CCNC(CC)CC)Cc1ccc(S(=O)(=O)c2ccc(OC)cc2)nc1. The summed E-state index contributed by atoms with van der Waals surface area (Å²) in [4.78, 5) is 4.48. The van der Waals surface area contributed by atoms with Crippen LogP contribution < -0.4 is 10.1 Å². The van der Waals surface area contributed by atoms with E-state index in [4.69, 9.17) is 4.74 Å². The van der Waals surface area contributed by atoms with Gasteiger partial charge in [0.2, 0.25) is 9.84 Å². The Morgan fingerprint density at radius 3 is 2.21 bits per heavy atom. The minimum Gasteiger partial charge on any atom is -0.497 e. The molecule has 0 fully saturated rings. The van der Waals surface area contributed by atoms with Crippen LogP contribution in [0.1, 0.15) is 52.0 Å². The molecule has 6 heteroatoms. The van der Waals surface area contributed by atoms with Crippen LogP contribution in [0.3, 0.4) is 0 Å². The normalized spacial score (nSPS) is 12.9. The van der Waals surface area contributed by atoms with E-state index in [1.54, 1.807) is 43.6 Å². The Morgan fingerprint density at radius 1 is 1.00 bits per heavy atom. The summed E-state index contributed by atoms with van der Waals surface area (Å²) in [7, 11) is -2.07. The average Bonchev–Trinajstić information content (AvgIpc) is 2.76. The maximum absolute atomic E-state index is 12.8. The molecule has 1 atom stereocenters. The van der Waals surface area contributed by atoms with Crippen molar-refractivity contribution in [2.45, 2.75) is 68.8 Å². The minimum atomic E-state index is -3.62. The summed E-state index contributed by atoms with van der Waals surface area (Å²) in [6.07, 6.45) is 7.13. The Bertz CT molecular complexity index is 829. The monoisotopic (exact) mass is 418 g/mol. The molecule has 1 aromatic carbocycles. The van der Waals surface area contributed by atoms with Crippen LogP contribution >= 0.6 is 0 Å². The second-order valence-corrected chi connectivity index (χ2v) is 9.31. The second kappa shape index (κ2) is 11.3. The molecular formula is C23H34N2O3S. The molecule has 0 saturated carbocycles. The highest BCUT2D eigenvalue weighted by molar-refractivity contribution is 7.91. The van der Waals surface area contributed by atoms with E-state index in [0.717, 1.165) is 44.2 Å². The maximum Gasteiger partial charge on any atom is 0.223 e. The van der Waals surface area contributed by atoms with E-state index in [2.05, 4.69) is 31.1 Å². The van der Waals surface area contributed by atoms with Crippen LogP contribution in [0, 0.1) is 5.92 Å².